The Bertz CT molecular complexity index is 711. The van der Waals surface area contributed by atoms with Gasteiger partial charge in [0.15, 0.2) is 0 Å². The lowest BCUT2D eigenvalue weighted by atomic mass is 10.1. The van der Waals surface area contributed by atoms with Gasteiger partial charge in [-0.25, -0.2) is 4.98 Å². The third kappa shape index (κ3) is 4.84. The van der Waals surface area contributed by atoms with E-state index in [4.69, 9.17) is 4.74 Å². The smallest absolute Gasteiger partial charge is 0.251 e. The van der Waals surface area contributed by atoms with Crippen molar-refractivity contribution in [2.24, 2.45) is 0 Å². The standard InChI is InChI=1S/C19H22FN3O2/c1-14(22-19(24)16-7-8-21-18(20)11-16)17-13-23(9-10-25-17)12-15-5-3-2-4-6-15/h2-8,11,14,17H,9-10,12-13H2,1H3,(H,22,24). The molecule has 3 rings (SSSR count). The highest BCUT2D eigenvalue weighted by Gasteiger charge is 2.26. The molecule has 5 nitrogen and oxygen atoms in total. The number of hydrogen-bond donors (Lipinski definition) is 1. The lowest BCUT2D eigenvalue weighted by Crippen LogP contribution is -2.52. The Morgan fingerprint density at radius 3 is 2.96 bits per heavy atom. The third-order valence-electron chi connectivity index (χ3n) is 4.33. The van der Waals surface area contributed by atoms with Crippen LogP contribution in [-0.2, 0) is 11.3 Å². The molecule has 0 saturated carbocycles. The summed E-state index contributed by atoms with van der Waals surface area (Å²) < 4.78 is 19.0. The van der Waals surface area contributed by atoms with Crippen molar-refractivity contribution < 1.29 is 13.9 Å². The van der Waals surface area contributed by atoms with Gasteiger partial charge in [-0.2, -0.15) is 4.39 Å². The second kappa shape index (κ2) is 8.18. The van der Waals surface area contributed by atoms with Gasteiger partial charge in [0.1, 0.15) is 0 Å². The number of amides is 1. The van der Waals surface area contributed by atoms with E-state index >= 15 is 0 Å². The van der Waals surface area contributed by atoms with Gasteiger partial charge in [-0.1, -0.05) is 30.3 Å². The number of morpholine rings is 1. The zero-order valence-corrected chi connectivity index (χ0v) is 14.2. The van der Waals surface area contributed by atoms with Crippen LogP contribution >= 0.6 is 0 Å². The van der Waals surface area contributed by atoms with E-state index in [0.29, 0.717) is 6.61 Å². The number of aromatic nitrogens is 1. The quantitative estimate of drug-likeness (QED) is 0.846. The summed E-state index contributed by atoms with van der Waals surface area (Å²) in [4.78, 5) is 18.0. The number of benzene rings is 1. The van der Waals surface area contributed by atoms with Gasteiger partial charge in [0.2, 0.25) is 5.95 Å². The molecule has 0 aliphatic carbocycles. The fraction of sp³-hybridized carbons (Fsp3) is 0.368. The molecule has 6 heteroatoms. The monoisotopic (exact) mass is 343 g/mol. The molecule has 0 bridgehead atoms. The van der Waals surface area contributed by atoms with Crippen molar-refractivity contribution in [3.63, 3.8) is 0 Å². The lowest BCUT2D eigenvalue weighted by Gasteiger charge is -2.36. The highest BCUT2D eigenvalue weighted by atomic mass is 19.1. The summed E-state index contributed by atoms with van der Waals surface area (Å²) in [7, 11) is 0. The van der Waals surface area contributed by atoms with Gasteiger partial charge >= 0.3 is 0 Å². The highest BCUT2D eigenvalue weighted by molar-refractivity contribution is 5.94. The average Bonchev–Trinajstić information content (AvgIpc) is 2.63. The summed E-state index contributed by atoms with van der Waals surface area (Å²) in [6, 6.07) is 12.7. The fourth-order valence-corrected chi connectivity index (χ4v) is 2.95. The van der Waals surface area contributed by atoms with Crippen molar-refractivity contribution in [2.45, 2.75) is 25.6 Å². The number of ether oxygens (including phenoxy) is 1. The van der Waals surface area contributed by atoms with Gasteiger partial charge in [0, 0.05) is 37.5 Å². The Kier molecular flexibility index (Phi) is 5.73. The van der Waals surface area contributed by atoms with Gasteiger partial charge in [0.25, 0.3) is 5.91 Å². The molecule has 1 N–H and O–H groups in total. The first kappa shape index (κ1) is 17.5. The molecule has 0 radical (unpaired) electrons. The van der Waals surface area contributed by atoms with E-state index in [1.54, 1.807) is 0 Å². The SMILES string of the molecule is CC(NC(=O)c1ccnc(F)c1)C1CN(Cc2ccccc2)CCO1. The molecule has 132 valence electrons. The largest absolute Gasteiger partial charge is 0.373 e. The summed E-state index contributed by atoms with van der Waals surface area (Å²) in [5.41, 5.74) is 1.52. The number of nitrogens with zero attached hydrogens (tertiary/aromatic N) is 2. The van der Waals surface area contributed by atoms with Gasteiger partial charge in [-0.15, -0.1) is 0 Å². The van der Waals surface area contributed by atoms with E-state index in [1.165, 1.54) is 17.8 Å². The molecule has 1 amide bonds. The van der Waals surface area contributed by atoms with Crippen molar-refractivity contribution in [3.8, 4) is 0 Å². The van der Waals surface area contributed by atoms with Crippen LogP contribution in [0, 0.1) is 5.95 Å². The second-order valence-corrected chi connectivity index (χ2v) is 6.26. The maximum absolute atomic E-state index is 13.2. The fourth-order valence-electron chi connectivity index (χ4n) is 2.95. The first-order valence-electron chi connectivity index (χ1n) is 8.42. The molecule has 1 aliphatic rings. The van der Waals surface area contributed by atoms with Gasteiger partial charge in [-0.3, -0.25) is 9.69 Å². The Morgan fingerprint density at radius 1 is 1.40 bits per heavy atom. The maximum atomic E-state index is 13.2. The van der Waals surface area contributed by atoms with Crippen LogP contribution in [0.4, 0.5) is 4.39 Å². The van der Waals surface area contributed by atoms with E-state index in [9.17, 15) is 9.18 Å². The third-order valence-corrected chi connectivity index (χ3v) is 4.33. The van der Waals surface area contributed by atoms with Crippen LogP contribution in [0.3, 0.4) is 0 Å². The lowest BCUT2D eigenvalue weighted by molar-refractivity contribution is -0.0449. The summed E-state index contributed by atoms with van der Waals surface area (Å²) in [5.74, 6) is -0.985. The van der Waals surface area contributed by atoms with E-state index in [1.807, 2.05) is 25.1 Å². The normalized spacial score (nSPS) is 19.4. The van der Waals surface area contributed by atoms with Gasteiger partial charge in [-0.05, 0) is 18.6 Å². The van der Waals surface area contributed by atoms with Crippen molar-refractivity contribution in [3.05, 3.63) is 65.7 Å². The predicted molar refractivity (Wildman–Crippen MR) is 92.6 cm³/mol. The predicted octanol–water partition coefficient (Wildman–Crippen LogP) is 2.24. The van der Waals surface area contributed by atoms with E-state index in [-0.39, 0.29) is 23.6 Å². The van der Waals surface area contributed by atoms with E-state index < -0.39 is 5.95 Å². The first-order chi connectivity index (χ1) is 12.1. The Morgan fingerprint density at radius 2 is 2.20 bits per heavy atom. The van der Waals surface area contributed by atoms with Crippen LogP contribution < -0.4 is 5.32 Å². The summed E-state index contributed by atoms with van der Waals surface area (Å²) in [6.45, 7) is 4.99. The van der Waals surface area contributed by atoms with Crippen molar-refractivity contribution in [1.82, 2.24) is 15.2 Å². The second-order valence-electron chi connectivity index (χ2n) is 6.26. The Labute approximate surface area is 146 Å². The maximum Gasteiger partial charge on any atom is 0.251 e. The molecular formula is C19H22FN3O2. The van der Waals surface area contributed by atoms with Gasteiger partial charge in [0.05, 0.1) is 18.8 Å². The van der Waals surface area contributed by atoms with Crippen LogP contribution in [0.15, 0.2) is 48.7 Å². The number of carbonyl (C=O) groups is 1. The molecule has 1 aromatic heterocycles. The number of pyridine rings is 1. The van der Waals surface area contributed by atoms with Gasteiger partial charge < -0.3 is 10.1 Å². The number of halogens is 1. The number of rotatable bonds is 5. The minimum absolute atomic E-state index is 0.104. The van der Waals surface area contributed by atoms with Crippen molar-refractivity contribution in [1.29, 1.82) is 0 Å². The minimum Gasteiger partial charge on any atom is -0.373 e. The zero-order chi connectivity index (χ0) is 17.6. The highest BCUT2D eigenvalue weighted by Crippen LogP contribution is 2.13. The molecule has 2 atom stereocenters. The van der Waals surface area contributed by atoms with E-state index in [0.717, 1.165) is 25.7 Å². The molecule has 1 saturated heterocycles. The van der Waals surface area contributed by atoms with Crippen LogP contribution in [0.2, 0.25) is 0 Å². The summed E-state index contributed by atoms with van der Waals surface area (Å²) >= 11 is 0. The molecule has 1 fully saturated rings. The summed E-state index contributed by atoms with van der Waals surface area (Å²) in [5, 5.41) is 2.89. The van der Waals surface area contributed by atoms with Crippen LogP contribution in [0.1, 0.15) is 22.8 Å². The molecular weight excluding hydrogens is 321 g/mol. The van der Waals surface area contributed by atoms with Crippen LogP contribution in [-0.4, -0.2) is 47.6 Å². The first-order valence-corrected chi connectivity index (χ1v) is 8.42. The topological polar surface area (TPSA) is 54.5 Å². The summed E-state index contributed by atoms with van der Waals surface area (Å²) in [6.07, 6.45) is 1.18. The zero-order valence-electron chi connectivity index (χ0n) is 14.2. The molecule has 0 spiro atoms. The molecule has 1 aromatic carbocycles. The molecule has 1 aliphatic heterocycles. The van der Waals surface area contributed by atoms with Crippen LogP contribution in [0.25, 0.3) is 0 Å². The Hall–Kier alpha value is -2.31. The van der Waals surface area contributed by atoms with Crippen molar-refractivity contribution >= 4 is 5.91 Å². The number of carbonyl (C=O) groups excluding carboxylic acids is 1. The number of hydrogen-bond acceptors (Lipinski definition) is 4. The van der Waals surface area contributed by atoms with Crippen molar-refractivity contribution in [2.75, 3.05) is 19.7 Å². The molecule has 2 aromatic rings. The minimum atomic E-state index is -0.664. The molecule has 2 unspecified atom stereocenters. The molecule has 2 heterocycles. The number of nitrogens with one attached hydrogen (secondary N) is 1. The average molecular weight is 343 g/mol. The van der Waals surface area contributed by atoms with E-state index in [2.05, 4.69) is 27.3 Å². The van der Waals surface area contributed by atoms with Crippen LogP contribution in [0.5, 0.6) is 0 Å². The Balaban J connectivity index is 1.56. The molecule has 25 heavy (non-hydrogen) atoms.